The van der Waals surface area contributed by atoms with E-state index in [9.17, 15) is 14.4 Å². The molecule has 202 valence electrons. The summed E-state index contributed by atoms with van der Waals surface area (Å²) in [4.78, 5) is 42.4. The molecule has 1 aliphatic heterocycles. The Bertz CT molecular complexity index is 1760. The molecule has 0 radical (unpaired) electrons. The number of anilines is 1. The highest BCUT2D eigenvalue weighted by Crippen LogP contribution is 2.32. The molecule has 0 saturated carbocycles. The van der Waals surface area contributed by atoms with Gasteiger partial charge < -0.3 is 15.8 Å². The van der Waals surface area contributed by atoms with Gasteiger partial charge in [-0.1, -0.05) is 54.6 Å². The number of ether oxygens (including phenoxy) is 1. The Morgan fingerprint density at radius 3 is 2.38 bits per heavy atom. The SMILES string of the molecule is COc1c(NC2CCN(Cc3ccc(-c4nc5ccc(C(N)=O)nn5c4-c4ccccc4)cc3)CC2)c(=O)c1=O. The molecular weight excluding hydrogens is 508 g/mol. The molecule has 5 aromatic rings. The molecule has 0 aliphatic carbocycles. The minimum atomic E-state index is -0.594. The van der Waals surface area contributed by atoms with Crippen LogP contribution in [0.1, 0.15) is 28.9 Å². The molecule has 2 aromatic heterocycles. The second-order valence-electron chi connectivity index (χ2n) is 9.99. The van der Waals surface area contributed by atoms with Crippen LogP contribution in [-0.4, -0.2) is 51.6 Å². The van der Waals surface area contributed by atoms with Gasteiger partial charge in [0, 0.05) is 36.8 Å². The topological polar surface area (TPSA) is 132 Å². The highest BCUT2D eigenvalue weighted by Gasteiger charge is 2.26. The first-order chi connectivity index (χ1) is 19.4. The number of imidazole rings is 1. The van der Waals surface area contributed by atoms with Crippen LogP contribution in [0, 0.1) is 0 Å². The average molecular weight is 537 g/mol. The number of nitrogens with zero attached hydrogens (tertiary/aromatic N) is 4. The summed E-state index contributed by atoms with van der Waals surface area (Å²) in [6.45, 7) is 2.54. The number of likely N-dealkylation sites (tertiary alicyclic amines) is 1. The highest BCUT2D eigenvalue weighted by atomic mass is 16.5. The number of methoxy groups -OCH3 is 1. The predicted octanol–water partition coefficient (Wildman–Crippen LogP) is 2.84. The Morgan fingerprint density at radius 2 is 1.70 bits per heavy atom. The Labute approximate surface area is 229 Å². The van der Waals surface area contributed by atoms with Crippen molar-refractivity contribution in [3.05, 3.63) is 98.4 Å². The maximum atomic E-state index is 11.8. The molecule has 10 heteroatoms. The van der Waals surface area contributed by atoms with Crippen LogP contribution in [0.25, 0.3) is 28.2 Å². The van der Waals surface area contributed by atoms with Gasteiger partial charge in [0.25, 0.3) is 16.8 Å². The summed E-state index contributed by atoms with van der Waals surface area (Å²) in [6.07, 6.45) is 1.73. The van der Waals surface area contributed by atoms with E-state index in [0.29, 0.717) is 11.3 Å². The molecule has 1 amide bonds. The average Bonchev–Trinajstić information content (AvgIpc) is 3.37. The fraction of sp³-hybridized carbons (Fsp3) is 0.233. The lowest BCUT2D eigenvalue weighted by atomic mass is 10.0. The number of piperidine rings is 1. The Kier molecular flexibility index (Phi) is 6.61. The van der Waals surface area contributed by atoms with Gasteiger partial charge in [-0.25, -0.2) is 9.50 Å². The lowest BCUT2D eigenvalue weighted by molar-refractivity contribution is 0.0994. The molecule has 6 rings (SSSR count). The molecule has 1 saturated heterocycles. The monoisotopic (exact) mass is 536 g/mol. The van der Waals surface area contributed by atoms with E-state index < -0.39 is 16.8 Å². The van der Waals surface area contributed by atoms with Crippen LogP contribution in [0.5, 0.6) is 5.75 Å². The number of nitrogens with two attached hydrogens (primary N) is 1. The van der Waals surface area contributed by atoms with Gasteiger partial charge in [0.2, 0.25) is 0 Å². The number of nitrogens with one attached hydrogen (secondary N) is 1. The van der Waals surface area contributed by atoms with Crippen molar-refractivity contribution in [2.75, 3.05) is 25.5 Å². The van der Waals surface area contributed by atoms with Gasteiger partial charge >= 0.3 is 0 Å². The summed E-state index contributed by atoms with van der Waals surface area (Å²) in [7, 11) is 1.41. The van der Waals surface area contributed by atoms with Gasteiger partial charge in [0.1, 0.15) is 17.1 Å². The van der Waals surface area contributed by atoms with E-state index in [1.807, 2.05) is 30.3 Å². The first kappa shape index (κ1) is 25.4. The summed E-state index contributed by atoms with van der Waals surface area (Å²) < 4.78 is 6.71. The first-order valence-electron chi connectivity index (χ1n) is 13.1. The molecular formula is C30H28N6O4. The highest BCUT2D eigenvalue weighted by molar-refractivity contribution is 5.91. The smallest absolute Gasteiger partial charge is 0.271 e. The number of aromatic nitrogens is 3. The molecule has 10 nitrogen and oxygen atoms in total. The van der Waals surface area contributed by atoms with E-state index in [1.165, 1.54) is 12.7 Å². The van der Waals surface area contributed by atoms with E-state index in [-0.39, 0.29) is 17.5 Å². The normalized spacial score (nSPS) is 14.5. The third-order valence-electron chi connectivity index (χ3n) is 7.42. The second kappa shape index (κ2) is 10.4. The summed E-state index contributed by atoms with van der Waals surface area (Å²) >= 11 is 0. The van der Waals surface area contributed by atoms with E-state index in [4.69, 9.17) is 15.5 Å². The minimum Gasteiger partial charge on any atom is -0.491 e. The van der Waals surface area contributed by atoms with Crippen LogP contribution in [-0.2, 0) is 6.54 Å². The van der Waals surface area contributed by atoms with Gasteiger partial charge in [-0.05, 0) is 30.5 Å². The van der Waals surface area contributed by atoms with Crippen LogP contribution < -0.4 is 26.6 Å². The quantitative estimate of drug-likeness (QED) is 0.290. The van der Waals surface area contributed by atoms with Crippen LogP contribution in [0.15, 0.2) is 76.3 Å². The number of primary amides is 1. The zero-order chi connectivity index (χ0) is 27.8. The van der Waals surface area contributed by atoms with Gasteiger partial charge in [0.15, 0.2) is 11.4 Å². The van der Waals surface area contributed by atoms with Crippen molar-refractivity contribution >= 4 is 17.2 Å². The Morgan fingerprint density at radius 1 is 0.975 bits per heavy atom. The van der Waals surface area contributed by atoms with E-state index in [0.717, 1.165) is 55.0 Å². The number of carbonyl (C=O) groups excluding carboxylic acids is 1. The molecule has 1 fully saturated rings. The number of rotatable bonds is 8. The minimum absolute atomic E-state index is 0.131. The molecule has 3 N–H and O–H groups in total. The summed E-state index contributed by atoms with van der Waals surface area (Å²) in [6, 6.07) is 21.6. The van der Waals surface area contributed by atoms with E-state index in [1.54, 1.807) is 16.6 Å². The van der Waals surface area contributed by atoms with Gasteiger partial charge in [-0.3, -0.25) is 19.3 Å². The van der Waals surface area contributed by atoms with Crippen LogP contribution >= 0.6 is 0 Å². The molecule has 3 heterocycles. The van der Waals surface area contributed by atoms with Crippen LogP contribution in [0.2, 0.25) is 0 Å². The molecule has 40 heavy (non-hydrogen) atoms. The number of hydrogen-bond acceptors (Lipinski definition) is 8. The zero-order valence-corrected chi connectivity index (χ0v) is 22.0. The molecule has 3 aromatic carbocycles. The fourth-order valence-corrected chi connectivity index (χ4v) is 5.28. The molecule has 0 spiro atoms. The fourth-order valence-electron chi connectivity index (χ4n) is 5.28. The van der Waals surface area contributed by atoms with Crippen molar-refractivity contribution in [3.63, 3.8) is 0 Å². The predicted molar refractivity (Wildman–Crippen MR) is 152 cm³/mol. The molecule has 0 atom stereocenters. The standard InChI is InChI=1S/C30H28N6O4/c1-40-29-25(27(37)28(29)38)32-21-13-15-35(16-14-21)17-18-7-9-19(10-8-18)24-26(20-5-3-2-4-6-20)36-23(33-24)12-11-22(34-36)30(31)39/h2-12,21,32H,13-17H2,1H3,(H2,31,39). The van der Waals surface area contributed by atoms with Crippen molar-refractivity contribution in [1.29, 1.82) is 0 Å². The van der Waals surface area contributed by atoms with Crippen molar-refractivity contribution in [2.24, 2.45) is 5.73 Å². The third kappa shape index (κ3) is 4.62. The number of hydrogen-bond donors (Lipinski definition) is 2. The Balaban J connectivity index is 1.18. The zero-order valence-electron chi connectivity index (χ0n) is 22.0. The van der Waals surface area contributed by atoms with Gasteiger partial charge in [0.05, 0.1) is 12.8 Å². The van der Waals surface area contributed by atoms with Crippen molar-refractivity contribution in [1.82, 2.24) is 19.5 Å². The number of amides is 1. The second-order valence-corrected chi connectivity index (χ2v) is 9.99. The maximum Gasteiger partial charge on any atom is 0.271 e. The largest absolute Gasteiger partial charge is 0.491 e. The number of benzene rings is 2. The van der Waals surface area contributed by atoms with Crippen LogP contribution in [0.4, 0.5) is 5.69 Å². The molecule has 0 unspecified atom stereocenters. The lowest BCUT2D eigenvalue weighted by Crippen LogP contribution is -2.42. The third-order valence-corrected chi connectivity index (χ3v) is 7.42. The lowest BCUT2D eigenvalue weighted by Gasteiger charge is -2.33. The van der Waals surface area contributed by atoms with Gasteiger partial charge in [-0.15, -0.1) is 0 Å². The van der Waals surface area contributed by atoms with Crippen molar-refractivity contribution in [3.8, 4) is 28.3 Å². The Hall–Kier alpha value is -4.83. The van der Waals surface area contributed by atoms with Crippen molar-refractivity contribution < 1.29 is 9.53 Å². The summed E-state index contributed by atoms with van der Waals surface area (Å²) in [5.74, 6) is -0.457. The summed E-state index contributed by atoms with van der Waals surface area (Å²) in [5, 5.41) is 7.67. The summed E-state index contributed by atoms with van der Waals surface area (Å²) in [5.41, 5.74) is 10.2. The number of carbonyl (C=O) groups is 1. The van der Waals surface area contributed by atoms with Crippen LogP contribution in [0.3, 0.4) is 0 Å². The molecule has 1 aliphatic rings. The van der Waals surface area contributed by atoms with E-state index >= 15 is 0 Å². The number of fused-ring (bicyclic) bond motifs is 1. The van der Waals surface area contributed by atoms with E-state index in [2.05, 4.69) is 39.6 Å². The first-order valence-corrected chi connectivity index (χ1v) is 13.1. The van der Waals surface area contributed by atoms with Crippen molar-refractivity contribution in [2.45, 2.75) is 25.4 Å². The molecule has 0 bridgehead atoms. The van der Waals surface area contributed by atoms with Gasteiger partial charge in [-0.2, -0.15) is 5.10 Å². The maximum absolute atomic E-state index is 11.8.